The Morgan fingerprint density at radius 2 is 1.84 bits per heavy atom. The zero-order chi connectivity index (χ0) is 22.5. The second-order valence-corrected chi connectivity index (χ2v) is 7.34. The third kappa shape index (κ3) is 5.15. The number of benzene rings is 3. The Kier molecular flexibility index (Phi) is 6.52. The van der Waals surface area contributed by atoms with Gasteiger partial charge in [-0.2, -0.15) is 0 Å². The molecule has 0 unspecified atom stereocenters. The van der Waals surface area contributed by atoms with Crippen molar-refractivity contribution in [3.8, 4) is 11.5 Å². The molecule has 1 heterocycles. The first-order chi connectivity index (χ1) is 15.5. The third-order valence-electron chi connectivity index (χ3n) is 4.57. The summed E-state index contributed by atoms with van der Waals surface area (Å²) in [6.07, 6.45) is 1.58. The van der Waals surface area contributed by atoms with Crippen LogP contribution in [-0.4, -0.2) is 18.5 Å². The highest BCUT2D eigenvalue weighted by Crippen LogP contribution is 2.31. The Bertz CT molecular complexity index is 1200. The molecule has 0 aromatic heterocycles. The number of carbonyl (C=O) groups is 1. The summed E-state index contributed by atoms with van der Waals surface area (Å²) in [4.78, 5) is 16.5. The first kappa shape index (κ1) is 21.6. The maximum absolute atomic E-state index is 13.5. The Labute approximate surface area is 189 Å². The van der Waals surface area contributed by atoms with E-state index in [4.69, 9.17) is 25.8 Å². The normalized spacial score (nSPS) is 14.3. The Hall–Kier alpha value is -3.64. The molecule has 0 fully saturated rings. The molecule has 1 aliphatic rings. The molecule has 0 N–H and O–H groups in total. The molecule has 0 bridgehead atoms. The lowest BCUT2D eigenvalue weighted by Crippen LogP contribution is -2.05. The van der Waals surface area contributed by atoms with Crippen molar-refractivity contribution in [1.29, 1.82) is 0 Å². The van der Waals surface area contributed by atoms with Gasteiger partial charge < -0.3 is 14.2 Å². The van der Waals surface area contributed by atoms with E-state index in [1.54, 1.807) is 42.5 Å². The van der Waals surface area contributed by atoms with Gasteiger partial charge in [0.15, 0.2) is 17.2 Å². The predicted molar refractivity (Wildman–Crippen MR) is 120 cm³/mol. The van der Waals surface area contributed by atoms with E-state index in [1.165, 1.54) is 18.2 Å². The van der Waals surface area contributed by atoms with E-state index in [-0.39, 0.29) is 11.6 Å². The number of ether oxygens (including phenoxy) is 3. The monoisotopic (exact) mass is 451 g/mol. The van der Waals surface area contributed by atoms with E-state index >= 15 is 0 Å². The molecule has 0 spiro atoms. The van der Waals surface area contributed by atoms with E-state index in [0.29, 0.717) is 40.9 Å². The molecule has 0 aliphatic carbocycles. The number of aliphatic imine (C=N–C) groups is 1. The van der Waals surface area contributed by atoms with Gasteiger partial charge in [-0.3, -0.25) is 0 Å². The van der Waals surface area contributed by atoms with Crippen molar-refractivity contribution in [2.45, 2.75) is 13.5 Å². The van der Waals surface area contributed by atoms with Crippen LogP contribution in [0.4, 0.5) is 4.39 Å². The smallest absolute Gasteiger partial charge is 0.363 e. The van der Waals surface area contributed by atoms with Crippen LogP contribution >= 0.6 is 11.6 Å². The predicted octanol–water partition coefficient (Wildman–Crippen LogP) is 5.80. The van der Waals surface area contributed by atoms with Crippen molar-refractivity contribution in [2.24, 2.45) is 4.99 Å². The van der Waals surface area contributed by atoms with Gasteiger partial charge >= 0.3 is 5.97 Å². The van der Waals surface area contributed by atoms with E-state index in [1.807, 2.05) is 19.1 Å². The van der Waals surface area contributed by atoms with Crippen LogP contribution < -0.4 is 9.47 Å². The number of rotatable bonds is 7. The summed E-state index contributed by atoms with van der Waals surface area (Å²) < 4.78 is 30.3. The summed E-state index contributed by atoms with van der Waals surface area (Å²) in [6, 6.07) is 18.4. The van der Waals surface area contributed by atoms with E-state index in [0.717, 1.165) is 5.56 Å². The first-order valence-corrected chi connectivity index (χ1v) is 10.3. The summed E-state index contributed by atoms with van der Waals surface area (Å²) in [5, 5.41) is 0.662. The zero-order valence-corrected chi connectivity index (χ0v) is 17.9. The molecule has 0 atom stereocenters. The number of hydrogen-bond donors (Lipinski definition) is 0. The fourth-order valence-electron chi connectivity index (χ4n) is 3.06. The minimum absolute atomic E-state index is 0.0636. The molecule has 7 heteroatoms. The van der Waals surface area contributed by atoms with Gasteiger partial charge in [-0.25, -0.2) is 14.2 Å². The van der Waals surface area contributed by atoms with Crippen molar-refractivity contribution >= 4 is 29.5 Å². The Morgan fingerprint density at radius 1 is 1.03 bits per heavy atom. The molecule has 1 aliphatic heterocycles. The SMILES string of the molecule is CCOc1cc(/C=C2\N=C(c3cccc(F)c3)OC2=O)ccc1OCc1ccc(Cl)cc1. The molecule has 162 valence electrons. The fraction of sp³-hybridized carbons (Fsp3) is 0.120. The third-order valence-corrected chi connectivity index (χ3v) is 4.82. The van der Waals surface area contributed by atoms with Crippen LogP contribution in [0.5, 0.6) is 11.5 Å². The van der Waals surface area contributed by atoms with Crippen LogP contribution in [0.3, 0.4) is 0 Å². The lowest BCUT2D eigenvalue weighted by atomic mass is 10.1. The van der Waals surface area contributed by atoms with Gasteiger partial charge in [0, 0.05) is 10.6 Å². The quantitative estimate of drug-likeness (QED) is 0.336. The molecule has 0 saturated carbocycles. The molecule has 3 aromatic rings. The van der Waals surface area contributed by atoms with E-state index in [2.05, 4.69) is 4.99 Å². The number of nitrogens with zero attached hydrogens (tertiary/aromatic N) is 1. The zero-order valence-electron chi connectivity index (χ0n) is 17.2. The standard InChI is InChI=1S/C25H19ClFNO4/c1-2-30-23-13-17(8-11-22(23)31-15-16-6-9-19(26)10-7-16)12-21-25(29)32-24(28-21)18-4-3-5-20(27)14-18/h3-14H,2,15H2,1H3/b21-12-. The molecule has 0 amide bonds. The summed E-state index contributed by atoms with van der Waals surface area (Å²) in [6.45, 7) is 2.67. The molecule has 0 saturated heterocycles. The molecule has 5 nitrogen and oxygen atoms in total. The van der Waals surface area contributed by atoms with Crippen LogP contribution in [0.15, 0.2) is 77.4 Å². The second kappa shape index (κ2) is 9.66. The molecule has 4 rings (SSSR count). The molecular weight excluding hydrogens is 433 g/mol. The number of carbonyl (C=O) groups excluding carboxylic acids is 1. The van der Waals surface area contributed by atoms with Gasteiger partial charge in [0.25, 0.3) is 0 Å². The van der Waals surface area contributed by atoms with E-state index < -0.39 is 11.8 Å². The molecule has 0 radical (unpaired) electrons. The number of halogens is 2. The summed E-state index contributed by atoms with van der Waals surface area (Å²) in [7, 11) is 0. The van der Waals surface area contributed by atoms with E-state index in [9.17, 15) is 9.18 Å². The topological polar surface area (TPSA) is 57.1 Å². The first-order valence-electron chi connectivity index (χ1n) is 9.94. The summed E-state index contributed by atoms with van der Waals surface area (Å²) >= 11 is 5.92. The Balaban J connectivity index is 1.55. The van der Waals surface area contributed by atoms with Gasteiger partial charge in [0.05, 0.1) is 6.61 Å². The van der Waals surface area contributed by atoms with Crippen LogP contribution in [0.1, 0.15) is 23.6 Å². The largest absolute Gasteiger partial charge is 0.490 e. The van der Waals surface area contributed by atoms with Crippen LogP contribution in [0.25, 0.3) is 6.08 Å². The number of esters is 1. The molecule has 3 aromatic carbocycles. The molecule has 32 heavy (non-hydrogen) atoms. The lowest BCUT2D eigenvalue weighted by Gasteiger charge is -2.13. The Morgan fingerprint density at radius 3 is 2.59 bits per heavy atom. The van der Waals surface area contributed by atoms with Crippen molar-refractivity contribution in [2.75, 3.05) is 6.61 Å². The highest BCUT2D eigenvalue weighted by molar-refractivity contribution is 6.30. The summed E-state index contributed by atoms with van der Waals surface area (Å²) in [5.41, 5.74) is 2.16. The molecular formula is C25H19ClFNO4. The van der Waals surface area contributed by atoms with Crippen LogP contribution in [-0.2, 0) is 16.1 Å². The lowest BCUT2D eigenvalue weighted by molar-refractivity contribution is -0.129. The highest BCUT2D eigenvalue weighted by atomic mass is 35.5. The van der Waals surface area contributed by atoms with Gasteiger partial charge in [-0.15, -0.1) is 0 Å². The average Bonchev–Trinajstić information content (AvgIpc) is 3.15. The van der Waals surface area contributed by atoms with Crippen LogP contribution in [0, 0.1) is 5.82 Å². The van der Waals surface area contributed by atoms with Gasteiger partial charge in [0.1, 0.15) is 12.4 Å². The van der Waals surface area contributed by atoms with Crippen molar-refractivity contribution in [3.63, 3.8) is 0 Å². The second-order valence-electron chi connectivity index (χ2n) is 6.90. The van der Waals surface area contributed by atoms with Crippen LogP contribution in [0.2, 0.25) is 5.02 Å². The minimum atomic E-state index is -0.606. The number of cyclic esters (lactones) is 1. The van der Waals surface area contributed by atoms with Gasteiger partial charge in [-0.05, 0) is 66.6 Å². The van der Waals surface area contributed by atoms with Crippen molar-refractivity contribution in [3.05, 3.63) is 100.0 Å². The fourth-order valence-corrected chi connectivity index (χ4v) is 3.18. The van der Waals surface area contributed by atoms with Crippen molar-refractivity contribution < 1.29 is 23.4 Å². The average molecular weight is 452 g/mol. The highest BCUT2D eigenvalue weighted by Gasteiger charge is 2.24. The number of hydrogen-bond acceptors (Lipinski definition) is 5. The minimum Gasteiger partial charge on any atom is -0.490 e. The van der Waals surface area contributed by atoms with Gasteiger partial charge in [-0.1, -0.05) is 35.9 Å². The summed E-state index contributed by atoms with van der Waals surface area (Å²) in [5.74, 6) is 0.131. The van der Waals surface area contributed by atoms with Gasteiger partial charge in [0.2, 0.25) is 5.90 Å². The maximum Gasteiger partial charge on any atom is 0.363 e. The van der Waals surface area contributed by atoms with Crippen molar-refractivity contribution in [1.82, 2.24) is 0 Å². The maximum atomic E-state index is 13.5.